The monoisotopic (exact) mass is 277 g/mol. The number of nitrogens with zero attached hydrogens (tertiary/aromatic N) is 3. The van der Waals surface area contributed by atoms with Crippen LogP contribution in [-0.2, 0) is 4.79 Å². The first-order valence-corrected chi connectivity index (χ1v) is 7.31. The van der Waals surface area contributed by atoms with Gasteiger partial charge in [0.2, 0.25) is 11.9 Å². The minimum atomic E-state index is 0.139. The second-order valence-electron chi connectivity index (χ2n) is 4.98. The van der Waals surface area contributed by atoms with Crippen LogP contribution in [0.5, 0.6) is 0 Å². The summed E-state index contributed by atoms with van der Waals surface area (Å²) in [6, 6.07) is 2.10. The predicted octanol–water partition coefficient (Wildman–Crippen LogP) is 0.561. The molecule has 20 heavy (non-hydrogen) atoms. The molecule has 1 aromatic rings. The lowest BCUT2D eigenvalue weighted by Crippen LogP contribution is -2.45. The van der Waals surface area contributed by atoms with E-state index >= 15 is 0 Å². The molecule has 0 spiro atoms. The summed E-state index contributed by atoms with van der Waals surface area (Å²) in [5, 5.41) is 6.26. The highest BCUT2D eigenvalue weighted by Gasteiger charge is 2.21. The maximum absolute atomic E-state index is 11.7. The summed E-state index contributed by atoms with van der Waals surface area (Å²) in [6.07, 6.45) is 5.97. The molecule has 2 heterocycles. The third kappa shape index (κ3) is 4.45. The zero-order valence-corrected chi connectivity index (χ0v) is 12.0. The van der Waals surface area contributed by atoms with Gasteiger partial charge in [-0.05, 0) is 25.5 Å². The molecule has 2 rings (SSSR count). The Bertz CT molecular complexity index is 403. The first-order chi connectivity index (χ1) is 9.79. The van der Waals surface area contributed by atoms with E-state index in [9.17, 15) is 4.79 Å². The molecule has 1 aromatic heterocycles. The van der Waals surface area contributed by atoms with Crippen LogP contribution < -0.4 is 15.5 Å². The highest BCUT2D eigenvalue weighted by Crippen LogP contribution is 2.15. The Morgan fingerprint density at radius 1 is 1.35 bits per heavy atom. The van der Waals surface area contributed by atoms with Gasteiger partial charge in [-0.15, -0.1) is 0 Å². The number of hydrogen-bond donors (Lipinski definition) is 2. The van der Waals surface area contributed by atoms with Gasteiger partial charge in [0.15, 0.2) is 0 Å². The number of hydrogen-bond acceptors (Lipinski definition) is 5. The second-order valence-corrected chi connectivity index (χ2v) is 4.98. The van der Waals surface area contributed by atoms with Crippen molar-refractivity contribution in [2.45, 2.75) is 32.2 Å². The van der Waals surface area contributed by atoms with Gasteiger partial charge in [0.05, 0.1) is 0 Å². The number of amides is 1. The summed E-state index contributed by atoms with van der Waals surface area (Å²) < 4.78 is 0. The molecular formula is C14H23N5O. The number of carbonyl (C=O) groups is 1. The zero-order chi connectivity index (χ0) is 14.2. The lowest BCUT2D eigenvalue weighted by atomic mass is 10.1. The molecule has 1 saturated heterocycles. The van der Waals surface area contributed by atoms with Gasteiger partial charge >= 0.3 is 0 Å². The van der Waals surface area contributed by atoms with Crippen molar-refractivity contribution in [3.63, 3.8) is 0 Å². The SMILES string of the molecule is CCNCCC(=O)NC1CCN(c2ncccn2)CC1. The normalized spacial score (nSPS) is 16.1. The molecular weight excluding hydrogens is 254 g/mol. The second kappa shape index (κ2) is 7.79. The van der Waals surface area contributed by atoms with E-state index in [4.69, 9.17) is 0 Å². The van der Waals surface area contributed by atoms with Crippen LogP contribution in [-0.4, -0.2) is 48.1 Å². The number of rotatable bonds is 6. The standard InChI is InChI=1S/C14H23N5O/c1-2-15-9-4-13(20)18-12-5-10-19(11-6-12)14-16-7-3-8-17-14/h3,7-8,12,15H,2,4-6,9-11H2,1H3,(H,18,20). The molecule has 1 fully saturated rings. The van der Waals surface area contributed by atoms with Crippen molar-refractivity contribution in [1.29, 1.82) is 0 Å². The summed E-state index contributed by atoms with van der Waals surface area (Å²) in [5.74, 6) is 0.921. The largest absolute Gasteiger partial charge is 0.353 e. The molecule has 1 aliphatic heterocycles. The fourth-order valence-electron chi connectivity index (χ4n) is 2.36. The molecule has 0 atom stereocenters. The summed E-state index contributed by atoms with van der Waals surface area (Å²) in [4.78, 5) is 22.4. The smallest absolute Gasteiger partial charge is 0.225 e. The van der Waals surface area contributed by atoms with Crippen molar-refractivity contribution in [2.24, 2.45) is 0 Å². The van der Waals surface area contributed by atoms with E-state index in [1.54, 1.807) is 12.4 Å². The van der Waals surface area contributed by atoms with Gasteiger partial charge in [-0.2, -0.15) is 0 Å². The van der Waals surface area contributed by atoms with E-state index in [2.05, 4.69) is 25.5 Å². The third-order valence-corrected chi connectivity index (χ3v) is 3.47. The molecule has 110 valence electrons. The van der Waals surface area contributed by atoms with Crippen LogP contribution in [0.2, 0.25) is 0 Å². The number of nitrogens with one attached hydrogen (secondary N) is 2. The van der Waals surface area contributed by atoms with E-state index in [1.165, 1.54) is 0 Å². The summed E-state index contributed by atoms with van der Waals surface area (Å²) in [6.45, 7) is 5.48. The van der Waals surface area contributed by atoms with Gasteiger partial charge in [0.1, 0.15) is 0 Å². The summed E-state index contributed by atoms with van der Waals surface area (Å²) >= 11 is 0. The molecule has 6 nitrogen and oxygen atoms in total. The highest BCUT2D eigenvalue weighted by atomic mass is 16.1. The molecule has 0 unspecified atom stereocenters. The Hall–Kier alpha value is -1.69. The predicted molar refractivity (Wildman–Crippen MR) is 78.6 cm³/mol. The van der Waals surface area contributed by atoms with Gasteiger partial charge < -0.3 is 15.5 Å². The molecule has 0 radical (unpaired) electrons. The van der Waals surface area contributed by atoms with Crippen molar-refractivity contribution in [3.8, 4) is 0 Å². The maximum atomic E-state index is 11.7. The van der Waals surface area contributed by atoms with Crippen LogP contribution in [0.25, 0.3) is 0 Å². The van der Waals surface area contributed by atoms with Crippen LogP contribution >= 0.6 is 0 Å². The van der Waals surface area contributed by atoms with Gasteiger partial charge in [-0.1, -0.05) is 6.92 Å². The van der Waals surface area contributed by atoms with Crippen LogP contribution in [0.15, 0.2) is 18.5 Å². The molecule has 0 saturated carbocycles. The molecule has 1 amide bonds. The van der Waals surface area contributed by atoms with Crippen LogP contribution in [0.3, 0.4) is 0 Å². The van der Waals surface area contributed by atoms with Crippen LogP contribution in [0.4, 0.5) is 5.95 Å². The zero-order valence-electron chi connectivity index (χ0n) is 12.0. The third-order valence-electron chi connectivity index (χ3n) is 3.47. The average molecular weight is 277 g/mol. The molecule has 0 bridgehead atoms. The van der Waals surface area contributed by atoms with Crippen molar-refractivity contribution in [2.75, 3.05) is 31.1 Å². The number of anilines is 1. The van der Waals surface area contributed by atoms with Crippen LogP contribution in [0, 0.1) is 0 Å². The van der Waals surface area contributed by atoms with E-state index in [0.29, 0.717) is 6.42 Å². The molecule has 6 heteroatoms. The molecule has 1 aliphatic rings. The molecule has 0 aliphatic carbocycles. The lowest BCUT2D eigenvalue weighted by Gasteiger charge is -2.32. The Morgan fingerprint density at radius 3 is 2.70 bits per heavy atom. The van der Waals surface area contributed by atoms with E-state index < -0.39 is 0 Å². The highest BCUT2D eigenvalue weighted by molar-refractivity contribution is 5.76. The van der Waals surface area contributed by atoms with Gasteiger partial charge in [-0.25, -0.2) is 9.97 Å². The first-order valence-electron chi connectivity index (χ1n) is 7.31. The van der Waals surface area contributed by atoms with E-state index in [0.717, 1.165) is 45.0 Å². The fraction of sp³-hybridized carbons (Fsp3) is 0.643. The van der Waals surface area contributed by atoms with E-state index in [-0.39, 0.29) is 11.9 Å². The van der Waals surface area contributed by atoms with Crippen molar-refractivity contribution in [1.82, 2.24) is 20.6 Å². The first kappa shape index (κ1) is 14.7. The number of carbonyl (C=O) groups excluding carboxylic acids is 1. The number of aromatic nitrogens is 2. The Kier molecular flexibility index (Phi) is 5.73. The van der Waals surface area contributed by atoms with Crippen molar-refractivity contribution < 1.29 is 4.79 Å². The topological polar surface area (TPSA) is 70.2 Å². The summed E-state index contributed by atoms with van der Waals surface area (Å²) in [7, 11) is 0. The molecule has 2 N–H and O–H groups in total. The lowest BCUT2D eigenvalue weighted by molar-refractivity contribution is -0.121. The minimum absolute atomic E-state index is 0.139. The molecule has 0 aromatic carbocycles. The Balaban J connectivity index is 1.70. The van der Waals surface area contributed by atoms with Crippen LogP contribution in [0.1, 0.15) is 26.2 Å². The summed E-state index contributed by atoms with van der Waals surface area (Å²) in [5.41, 5.74) is 0. The van der Waals surface area contributed by atoms with Crippen molar-refractivity contribution >= 4 is 11.9 Å². The minimum Gasteiger partial charge on any atom is -0.353 e. The fourth-order valence-corrected chi connectivity index (χ4v) is 2.36. The van der Waals surface area contributed by atoms with Gasteiger partial charge in [-0.3, -0.25) is 4.79 Å². The van der Waals surface area contributed by atoms with Gasteiger partial charge in [0, 0.05) is 44.5 Å². The maximum Gasteiger partial charge on any atom is 0.225 e. The van der Waals surface area contributed by atoms with Crippen molar-refractivity contribution in [3.05, 3.63) is 18.5 Å². The van der Waals surface area contributed by atoms with Gasteiger partial charge in [0.25, 0.3) is 0 Å². The quantitative estimate of drug-likeness (QED) is 0.744. The van der Waals surface area contributed by atoms with E-state index in [1.807, 2.05) is 13.0 Å². The Labute approximate surface area is 120 Å². The Morgan fingerprint density at radius 2 is 2.05 bits per heavy atom. The average Bonchev–Trinajstić information content (AvgIpc) is 2.49. The number of piperidine rings is 1.